The van der Waals surface area contributed by atoms with Gasteiger partial charge in [0, 0.05) is 7.11 Å². The highest BCUT2D eigenvalue weighted by molar-refractivity contribution is 5.26. The van der Waals surface area contributed by atoms with Crippen LogP contribution in [0.3, 0.4) is 0 Å². The Balaban J connectivity index is 1.91. The summed E-state index contributed by atoms with van der Waals surface area (Å²) in [6.45, 7) is 2.97. The molecule has 2 aromatic rings. The molecule has 4 nitrogen and oxygen atoms in total. The third-order valence-electron chi connectivity index (χ3n) is 3.54. The molecule has 0 saturated heterocycles. The molecule has 2 aromatic carbocycles. The van der Waals surface area contributed by atoms with Crippen LogP contribution in [-0.2, 0) is 16.1 Å². The second-order valence-electron chi connectivity index (χ2n) is 5.29. The van der Waals surface area contributed by atoms with E-state index in [1.807, 2.05) is 61.5 Å². The minimum absolute atomic E-state index is 0.115. The van der Waals surface area contributed by atoms with Crippen LogP contribution in [0.4, 0.5) is 0 Å². The van der Waals surface area contributed by atoms with Gasteiger partial charge in [-0.25, -0.2) is 0 Å². The first kappa shape index (κ1) is 17.3. The maximum absolute atomic E-state index is 5.99. The van der Waals surface area contributed by atoms with E-state index in [0.717, 1.165) is 17.1 Å². The molecule has 0 saturated carbocycles. The molecule has 0 fully saturated rings. The van der Waals surface area contributed by atoms with Gasteiger partial charge in [-0.15, -0.1) is 0 Å². The fourth-order valence-corrected chi connectivity index (χ4v) is 2.20. The topological polar surface area (TPSA) is 36.9 Å². The van der Waals surface area contributed by atoms with Crippen molar-refractivity contribution in [2.24, 2.45) is 0 Å². The summed E-state index contributed by atoms with van der Waals surface area (Å²) in [5.41, 5.74) is 1.08. The van der Waals surface area contributed by atoms with Gasteiger partial charge in [-0.3, -0.25) is 0 Å². The first-order valence-corrected chi connectivity index (χ1v) is 7.68. The molecule has 0 bridgehead atoms. The quantitative estimate of drug-likeness (QED) is 0.707. The van der Waals surface area contributed by atoms with E-state index in [0.29, 0.717) is 13.2 Å². The molecule has 0 N–H and O–H groups in total. The van der Waals surface area contributed by atoms with Crippen molar-refractivity contribution in [3.63, 3.8) is 0 Å². The van der Waals surface area contributed by atoms with E-state index in [4.69, 9.17) is 18.9 Å². The average molecular weight is 316 g/mol. The minimum Gasteiger partial charge on any atom is -0.497 e. The number of rotatable bonds is 9. The molecular weight excluding hydrogens is 292 g/mol. The summed E-state index contributed by atoms with van der Waals surface area (Å²) in [5, 5.41) is 0. The molecule has 2 rings (SSSR count). The molecule has 2 atom stereocenters. The van der Waals surface area contributed by atoms with Gasteiger partial charge in [-0.2, -0.15) is 0 Å². The lowest BCUT2D eigenvalue weighted by Crippen LogP contribution is -2.35. The standard InChI is InChI=1S/C19H24O4/c1-15(23-18-7-5-4-6-8-18)19(14-20-2)22-13-16-9-11-17(21-3)12-10-16/h4-12,15,19H,13-14H2,1-3H3/t15-,19+/m0/s1. The van der Waals surface area contributed by atoms with Crippen molar-refractivity contribution < 1.29 is 18.9 Å². The van der Waals surface area contributed by atoms with Gasteiger partial charge in [-0.1, -0.05) is 30.3 Å². The summed E-state index contributed by atoms with van der Waals surface area (Å²) in [6, 6.07) is 17.6. The van der Waals surface area contributed by atoms with Crippen molar-refractivity contribution >= 4 is 0 Å². The molecule has 124 valence electrons. The van der Waals surface area contributed by atoms with Gasteiger partial charge in [0.15, 0.2) is 0 Å². The molecule has 4 heteroatoms. The minimum atomic E-state index is -0.151. The van der Waals surface area contributed by atoms with E-state index in [-0.39, 0.29) is 12.2 Å². The normalized spacial score (nSPS) is 13.3. The van der Waals surface area contributed by atoms with Gasteiger partial charge in [0.1, 0.15) is 23.7 Å². The van der Waals surface area contributed by atoms with Crippen LogP contribution < -0.4 is 9.47 Å². The zero-order valence-electron chi connectivity index (χ0n) is 13.9. The Morgan fingerprint density at radius 1 is 0.870 bits per heavy atom. The molecule has 0 aliphatic rings. The predicted molar refractivity (Wildman–Crippen MR) is 90.0 cm³/mol. The Kier molecular flexibility index (Phi) is 6.91. The van der Waals surface area contributed by atoms with Crippen LogP contribution >= 0.6 is 0 Å². The van der Waals surface area contributed by atoms with Crippen LogP contribution in [0.25, 0.3) is 0 Å². The lowest BCUT2D eigenvalue weighted by molar-refractivity contribution is -0.0640. The Morgan fingerprint density at radius 3 is 2.17 bits per heavy atom. The van der Waals surface area contributed by atoms with E-state index >= 15 is 0 Å². The van der Waals surface area contributed by atoms with Crippen LogP contribution in [0.1, 0.15) is 12.5 Å². The summed E-state index contributed by atoms with van der Waals surface area (Å²) >= 11 is 0. The Hall–Kier alpha value is -2.04. The molecule has 0 aliphatic carbocycles. The highest BCUT2D eigenvalue weighted by Gasteiger charge is 2.20. The molecule has 0 aliphatic heterocycles. The highest BCUT2D eigenvalue weighted by atomic mass is 16.6. The Morgan fingerprint density at radius 2 is 1.57 bits per heavy atom. The third kappa shape index (κ3) is 5.58. The summed E-state index contributed by atoms with van der Waals surface area (Å²) in [6.07, 6.45) is -0.266. The molecule has 0 aromatic heterocycles. The first-order valence-electron chi connectivity index (χ1n) is 7.68. The van der Waals surface area contributed by atoms with Gasteiger partial charge in [-0.05, 0) is 36.8 Å². The number of hydrogen-bond donors (Lipinski definition) is 0. The van der Waals surface area contributed by atoms with Crippen LogP contribution in [0, 0.1) is 0 Å². The van der Waals surface area contributed by atoms with Crippen molar-refractivity contribution in [2.75, 3.05) is 20.8 Å². The van der Waals surface area contributed by atoms with Crippen molar-refractivity contribution in [3.05, 3.63) is 60.2 Å². The largest absolute Gasteiger partial charge is 0.497 e. The van der Waals surface area contributed by atoms with E-state index < -0.39 is 0 Å². The van der Waals surface area contributed by atoms with Gasteiger partial charge >= 0.3 is 0 Å². The molecule has 0 unspecified atom stereocenters. The lowest BCUT2D eigenvalue weighted by Gasteiger charge is -2.25. The Labute approximate surface area is 137 Å². The maximum atomic E-state index is 5.99. The number of para-hydroxylation sites is 1. The summed E-state index contributed by atoms with van der Waals surface area (Å²) in [5.74, 6) is 1.66. The van der Waals surface area contributed by atoms with Crippen molar-refractivity contribution in [1.82, 2.24) is 0 Å². The van der Waals surface area contributed by atoms with Crippen LogP contribution in [0.15, 0.2) is 54.6 Å². The fourth-order valence-electron chi connectivity index (χ4n) is 2.20. The molecule has 0 heterocycles. The number of hydrogen-bond acceptors (Lipinski definition) is 4. The highest BCUT2D eigenvalue weighted by Crippen LogP contribution is 2.16. The summed E-state index contributed by atoms with van der Waals surface area (Å²) < 4.78 is 22.3. The first-order chi connectivity index (χ1) is 11.2. The van der Waals surface area contributed by atoms with Gasteiger partial charge in [0.25, 0.3) is 0 Å². The smallest absolute Gasteiger partial charge is 0.124 e. The van der Waals surface area contributed by atoms with Gasteiger partial charge in [0.05, 0.1) is 20.3 Å². The zero-order chi connectivity index (χ0) is 16.5. The molecular formula is C19H24O4. The molecule has 0 radical (unpaired) electrons. The van der Waals surface area contributed by atoms with Crippen molar-refractivity contribution in [3.8, 4) is 11.5 Å². The second-order valence-corrected chi connectivity index (χ2v) is 5.29. The van der Waals surface area contributed by atoms with Crippen LogP contribution in [0.2, 0.25) is 0 Å². The average Bonchev–Trinajstić information content (AvgIpc) is 2.60. The van der Waals surface area contributed by atoms with E-state index in [1.165, 1.54) is 0 Å². The van der Waals surface area contributed by atoms with E-state index in [9.17, 15) is 0 Å². The van der Waals surface area contributed by atoms with Crippen LogP contribution in [-0.4, -0.2) is 33.0 Å². The lowest BCUT2D eigenvalue weighted by atomic mass is 10.2. The molecule has 0 amide bonds. The van der Waals surface area contributed by atoms with E-state index in [2.05, 4.69) is 0 Å². The molecule has 23 heavy (non-hydrogen) atoms. The van der Waals surface area contributed by atoms with Gasteiger partial charge in [0.2, 0.25) is 0 Å². The van der Waals surface area contributed by atoms with E-state index in [1.54, 1.807) is 14.2 Å². The molecule has 0 spiro atoms. The van der Waals surface area contributed by atoms with Crippen molar-refractivity contribution in [2.45, 2.75) is 25.7 Å². The number of ether oxygens (including phenoxy) is 4. The monoisotopic (exact) mass is 316 g/mol. The number of methoxy groups -OCH3 is 2. The zero-order valence-corrected chi connectivity index (χ0v) is 13.9. The Bertz CT molecular complexity index is 553. The van der Waals surface area contributed by atoms with Crippen LogP contribution in [0.5, 0.6) is 11.5 Å². The van der Waals surface area contributed by atoms with Crippen molar-refractivity contribution in [1.29, 1.82) is 0 Å². The predicted octanol–water partition coefficient (Wildman–Crippen LogP) is 3.69. The summed E-state index contributed by atoms with van der Waals surface area (Å²) in [4.78, 5) is 0. The third-order valence-corrected chi connectivity index (χ3v) is 3.54. The SMILES string of the molecule is COC[C@@H](OCc1ccc(OC)cc1)[C@H](C)Oc1ccccc1. The van der Waals surface area contributed by atoms with Gasteiger partial charge < -0.3 is 18.9 Å². The maximum Gasteiger partial charge on any atom is 0.124 e. The second kappa shape index (κ2) is 9.18. The fraction of sp³-hybridized carbons (Fsp3) is 0.368. The number of benzene rings is 2. The summed E-state index contributed by atoms with van der Waals surface area (Å²) in [7, 11) is 3.32.